The molecular formula is C16H18FNO. The predicted molar refractivity (Wildman–Crippen MR) is 75.4 cm³/mol. The van der Waals surface area contributed by atoms with Gasteiger partial charge in [-0.25, -0.2) is 14.3 Å². The molecule has 1 aromatic carbocycles. The van der Waals surface area contributed by atoms with Gasteiger partial charge in [-0.2, -0.15) is 0 Å². The number of hydroxylamine groups is 2. The van der Waals surface area contributed by atoms with Crippen LogP contribution >= 0.6 is 0 Å². The van der Waals surface area contributed by atoms with Crippen LogP contribution in [0.2, 0.25) is 0 Å². The van der Waals surface area contributed by atoms with Crippen molar-refractivity contribution in [2.45, 2.75) is 20.3 Å². The topological polar surface area (TPSA) is 12.5 Å². The fraction of sp³-hybridized carbons (Fsp3) is 0.250. The van der Waals surface area contributed by atoms with E-state index in [0.29, 0.717) is 5.70 Å². The number of benzene rings is 1. The second kappa shape index (κ2) is 5.85. The van der Waals surface area contributed by atoms with Gasteiger partial charge in [-0.05, 0) is 24.5 Å². The summed E-state index contributed by atoms with van der Waals surface area (Å²) >= 11 is 0. The van der Waals surface area contributed by atoms with Gasteiger partial charge < -0.3 is 0 Å². The van der Waals surface area contributed by atoms with E-state index in [0.717, 1.165) is 28.8 Å². The molecular weight excluding hydrogens is 241 g/mol. The molecule has 3 heteroatoms. The smallest absolute Gasteiger partial charge is 0.215 e. The van der Waals surface area contributed by atoms with Gasteiger partial charge in [0.25, 0.3) is 0 Å². The zero-order valence-electron chi connectivity index (χ0n) is 11.3. The molecule has 0 N–H and O–H groups in total. The second-order valence-electron chi connectivity index (χ2n) is 4.40. The molecule has 0 radical (unpaired) electrons. The summed E-state index contributed by atoms with van der Waals surface area (Å²) in [5.41, 5.74) is 4.64. The first-order valence-electron chi connectivity index (χ1n) is 6.34. The van der Waals surface area contributed by atoms with E-state index < -0.39 is 6.86 Å². The second-order valence-corrected chi connectivity index (χ2v) is 4.40. The van der Waals surface area contributed by atoms with Gasteiger partial charge in [-0.3, -0.25) is 0 Å². The van der Waals surface area contributed by atoms with Crippen LogP contribution in [0.15, 0.2) is 59.8 Å². The van der Waals surface area contributed by atoms with Crippen LogP contribution in [0.1, 0.15) is 25.8 Å². The molecule has 0 aromatic heterocycles. The lowest BCUT2D eigenvalue weighted by molar-refractivity contribution is -0.120. The Morgan fingerprint density at radius 3 is 2.53 bits per heavy atom. The van der Waals surface area contributed by atoms with E-state index in [2.05, 4.69) is 12.7 Å². The van der Waals surface area contributed by atoms with Gasteiger partial charge in [-0.15, -0.1) is 0 Å². The molecule has 0 saturated carbocycles. The minimum Gasteiger partial charge on any atom is -0.235 e. The summed E-state index contributed by atoms with van der Waals surface area (Å²) in [5, 5.41) is 1.50. The summed E-state index contributed by atoms with van der Waals surface area (Å²) in [6.45, 7) is 7.18. The SMILES string of the molecule is C=C1C(CC)=CC(C)=C(c2ccccc2)N1OCF. The van der Waals surface area contributed by atoms with E-state index in [9.17, 15) is 4.39 Å². The highest BCUT2D eigenvalue weighted by atomic mass is 19.1. The maximum absolute atomic E-state index is 12.7. The molecule has 0 atom stereocenters. The van der Waals surface area contributed by atoms with Gasteiger partial charge in [0, 0.05) is 5.56 Å². The van der Waals surface area contributed by atoms with Crippen molar-refractivity contribution in [3.63, 3.8) is 0 Å². The van der Waals surface area contributed by atoms with Crippen molar-refractivity contribution in [2.24, 2.45) is 0 Å². The van der Waals surface area contributed by atoms with Crippen LogP contribution in [-0.4, -0.2) is 11.9 Å². The van der Waals surface area contributed by atoms with Crippen molar-refractivity contribution >= 4 is 5.70 Å². The third kappa shape index (κ3) is 2.61. The van der Waals surface area contributed by atoms with Crippen LogP contribution in [0, 0.1) is 0 Å². The Morgan fingerprint density at radius 2 is 1.95 bits per heavy atom. The summed E-state index contributed by atoms with van der Waals surface area (Å²) < 4.78 is 12.7. The Kier molecular flexibility index (Phi) is 4.17. The monoisotopic (exact) mass is 259 g/mol. The lowest BCUT2D eigenvalue weighted by atomic mass is 9.97. The van der Waals surface area contributed by atoms with Crippen molar-refractivity contribution in [3.8, 4) is 0 Å². The van der Waals surface area contributed by atoms with Gasteiger partial charge >= 0.3 is 0 Å². The minimum atomic E-state index is -0.875. The number of allylic oxidation sites excluding steroid dienone is 3. The first-order valence-corrected chi connectivity index (χ1v) is 6.34. The maximum Gasteiger partial charge on any atom is 0.215 e. The molecule has 2 nitrogen and oxygen atoms in total. The third-order valence-corrected chi connectivity index (χ3v) is 3.19. The molecule has 1 aliphatic rings. The predicted octanol–water partition coefficient (Wildman–Crippen LogP) is 4.44. The Labute approximate surface area is 113 Å². The van der Waals surface area contributed by atoms with Crippen molar-refractivity contribution in [3.05, 3.63) is 65.4 Å². The molecule has 0 fully saturated rings. The van der Waals surface area contributed by atoms with Gasteiger partial charge in [-0.1, -0.05) is 49.9 Å². The van der Waals surface area contributed by atoms with Crippen LogP contribution < -0.4 is 0 Å². The number of alkyl halides is 1. The molecule has 1 aromatic rings. The highest BCUT2D eigenvalue weighted by Crippen LogP contribution is 2.35. The summed E-state index contributed by atoms with van der Waals surface area (Å²) in [5.74, 6) is 0. The van der Waals surface area contributed by atoms with E-state index in [1.165, 1.54) is 5.06 Å². The Balaban J connectivity index is 2.52. The van der Waals surface area contributed by atoms with E-state index in [1.54, 1.807) is 0 Å². The summed E-state index contributed by atoms with van der Waals surface area (Å²) in [6, 6.07) is 9.80. The fourth-order valence-corrected chi connectivity index (χ4v) is 2.28. The zero-order chi connectivity index (χ0) is 13.8. The van der Waals surface area contributed by atoms with Gasteiger partial charge in [0.1, 0.15) is 0 Å². The lowest BCUT2D eigenvalue weighted by Gasteiger charge is -2.32. The zero-order valence-corrected chi connectivity index (χ0v) is 11.3. The van der Waals surface area contributed by atoms with Gasteiger partial charge in [0.15, 0.2) is 0 Å². The molecule has 0 unspecified atom stereocenters. The first-order chi connectivity index (χ1) is 9.19. The van der Waals surface area contributed by atoms with Gasteiger partial charge in [0.2, 0.25) is 6.86 Å². The Bertz CT molecular complexity index is 531. The number of rotatable bonds is 4. The van der Waals surface area contributed by atoms with Crippen LogP contribution in [0.5, 0.6) is 0 Å². The lowest BCUT2D eigenvalue weighted by Crippen LogP contribution is -2.25. The molecule has 0 saturated heterocycles. The van der Waals surface area contributed by atoms with Crippen molar-refractivity contribution in [1.29, 1.82) is 0 Å². The summed E-state index contributed by atoms with van der Waals surface area (Å²) in [6.07, 6.45) is 2.92. The molecule has 0 spiro atoms. The quantitative estimate of drug-likeness (QED) is 0.792. The van der Waals surface area contributed by atoms with E-state index >= 15 is 0 Å². The molecule has 0 aliphatic carbocycles. The molecule has 1 heterocycles. The molecule has 0 amide bonds. The van der Waals surface area contributed by atoms with Crippen LogP contribution in [0.25, 0.3) is 5.70 Å². The number of hydrogen-bond donors (Lipinski definition) is 0. The van der Waals surface area contributed by atoms with E-state index in [1.807, 2.05) is 44.2 Å². The first kappa shape index (κ1) is 13.6. The largest absolute Gasteiger partial charge is 0.235 e. The third-order valence-electron chi connectivity index (χ3n) is 3.19. The molecule has 0 bridgehead atoms. The number of halogens is 1. The highest BCUT2D eigenvalue weighted by Gasteiger charge is 2.24. The molecule has 19 heavy (non-hydrogen) atoms. The standard InChI is InChI=1S/C16H18FNO/c1-4-14-10-12(2)16(15-8-6-5-7-9-15)18(13(14)3)19-11-17/h5-10H,3-4,11H2,1-2H3. The average Bonchev–Trinajstić information content (AvgIpc) is 2.44. The average molecular weight is 259 g/mol. The van der Waals surface area contributed by atoms with Crippen molar-refractivity contribution in [2.75, 3.05) is 6.86 Å². The van der Waals surface area contributed by atoms with Crippen molar-refractivity contribution in [1.82, 2.24) is 5.06 Å². The normalized spacial score (nSPS) is 15.8. The molecule has 1 aliphatic heterocycles. The Hall–Kier alpha value is -1.87. The summed E-state index contributed by atoms with van der Waals surface area (Å²) in [7, 11) is 0. The highest BCUT2D eigenvalue weighted by molar-refractivity contribution is 5.73. The molecule has 2 rings (SSSR count). The van der Waals surface area contributed by atoms with Crippen LogP contribution in [0.3, 0.4) is 0 Å². The van der Waals surface area contributed by atoms with E-state index in [4.69, 9.17) is 4.84 Å². The van der Waals surface area contributed by atoms with Crippen molar-refractivity contribution < 1.29 is 9.23 Å². The number of nitrogens with zero attached hydrogens (tertiary/aromatic N) is 1. The Morgan fingerprint density at radius 1 is 1.26 bits per heavy atom. The van der Waals surface area contributed by atoms with Crippen LogP contribution in [0.4, 0.5) is 4.39 Å². The number of hydrogen-bond acceptors (Lipinski definition) is 2. The van der Waals surface area contributed by atoms with Gasteiger partial charge in [0.05, 0.1) is 11.4 Å². The van der Waals surface area contributed by atoms with E-state index in [-0.39, 0.29) is 0 Å². The molecule has 100 valence electrons. The minimum absolute atomic E-state index is 0.699. The maximum atomic E-state index is 12.7. The summed E-state index contributed by atoms with van der Waals surface area (Å²) in [4.78, 5) is 5.13. The van der Waals surface area contributed by atoms with Crippen LogP contribution in [-0.2, 0) is 4.84 Å². The fourth-order valence-electron chi connectivity index (χ4n) is 2.28.